The van der Waals surface area contributed by atoms with E-state index in [1.807, 2.05) is 0 Å². The molecule has 35 heteroatoms. The fraction of sp³-hybridized carbons (Fsp3) is 0.741. The maximum absolute atomic E-state index is 14.9. The van der Waals surface area contributed by atoms with Crippen molar-refractivity contribution >= 4 is 83.4 Å². The van der Waals surface area contributed by atoms with Crippen LogP contribution >= 0.6 is 0 Å². The Balaban J connectivity index is 1.82. The first kappa shape index (κ1) is 72.0. The van der Waals surface area contributed by atoms with Crippen LogP contribution in [0.25, 0.3) is 0 Å². The van der Waals surface area contributed by atoms with Crippen LogP contribution in [-0.2, 0) is 157 Å². The number of esters is 12. The summed E-state index contributed by atoms with van der Waals surface area (Å²) in [4.78, 5) is 174. The number of nitrogens with one attached hydrogen (secondary N) is 1. The highest BCUT2D eigenvalue weighted by Gasteiger charge is 2.65. The number of carbonyl (C=O) groups excluding carboxylic acids is 13. The van der Waals surface area contributed by atoms with Crippen LogP contribution in [0.3, 0.4) is 0 Å². The lowest BCUT2D eigenvalue weighted by atomic mass is 9.87. The van der Waals surface area contributed by atoms with Gasteiger partial charge in [-0.25, -0.2) is 9.79 Å². The highest BCUT2D eigenvalue weighted by atomic mass is 16.8. The van der Waals surface area contributed by atoms with Crippen molar-refractivity contribution in [3.8, 4) is 0 Å². The normalized spacial score (nSPS) is 32.7. The molecule has 21 atom stereocenters. The van der Waals surface area contributed by atoms with Gasteiger partial charge in [0.05, 0.1) is 25.7 Å². The number of aliphatic imine (C=N–C) groups is 1. The first-order valence-corrected chi connectivity index (χ1v) is 27.6. The van der Waals surface area contributed by atoms with Crippen LogP contribution < -0.4 is 5.32 Å². The molecule has 0 radical (unpaired) electrons. The highest BCUT2D eigenvalue weighted by Crippen LogP contribution is 2.44. The molecule has 0 spiro atoms. The summed E-state index contributed by atoms with van der Waals surface area (Å²) < 4.78 is 118. The summed E-state index contributed by atoms with van der Waals surface area (Å²) in [6.45, 7) is 12.0. The van der Waals surface area contributed by atoms with Crippen LogP contribution in [0.5, 0.6) is 0 Å². The Morgan fingerprint density at radius 3 is 1.53 bits per heavy atom. The maximum atomic E-state index is 14.9. The Morgan fingerprint density at radius 2 is 1.02 bits per heavy atom. The molecule has 0 aromatic heterocycles. The molecule has 4 saturated heterocycles. The molecule has 35 nitrogen and oxygen atoms in total. The van der Waals surface area contributed by atoms with Gasteiger partial charge >= 0.3 is 71.6 Å². The van der Waals surface area contributed by atoms with E-state index in [1.54, 1.807) is 0 Å². The molecule has 0 bridgehead atoms. The molecule has 0 aromatic rings. The van der Waals surface area contributed by atoms with Crippen LogP contribution in [0.1, 0.15) is 103 Å². The smallest absolute Gasteiger partial charge is 0.366 e. The van der Waals surface area contributed by atoms with Crippen LogP contribution in [0.15, 0.2) is 4.99 Å². The lowest BCUT2D eigenvalue weighted by Gasteiger charge is -2.52. The third-order valence-corrected chi connectivity index (χ3v) is 13.4. The van der Waals surface area contributed by atoms with E-state index in [2.05, 4.69) is 10.3 Å². The largest absolute Gasteiger partial charge is 0.465 e. The van der Waals surface area contributed by atoms with Gasteiger partial charge in [0.15, 0.2) is 61.2 Å². The monoisotopic (exact) mass is 1280 g/mol. The fourth-order valence-corrected chi connectivity index (χ4v) is 10.4. The summed E-state index contributed by atoms with van der Waals surface area (Å²) >= 11 is 0. The molecule has 5 aliphatic rings. The van der Waals surface area contributed by atoms with Gasteiger partial charge in [-0.15, -0.1) is 0 Å². The Hall–Kier alpha value is -7.70. The summed E-state index contributed by atoms with van der Waals surface area (Å²) in [6, 6.07) is -3.11. The van der Waals surface area contributed by atoms with Crippen molar-refractivity contribution in [2.24, 2.45) is 4.99 Å². The number of hydrogen-bond acceptors (Lipinski definition) is 34. The second kappa shape index (κ2) is 31.7. The second-order valence-electron chi connectivity index (χ2n) is 20.7. The van der Waals surface area contributed by atoms with E-state index in [9.17, 15) is 62.3 Å². The van der Waals surface area contributed by atoms with Crippen molar-refractivity contribution in [2.75, 3.05) is 26.9 Å². The average molecular weight is 1280 g/mol. The molecular weight excluding hydrogens is 1200 g/mol. The van der Waals surface area contributed by atoms with E-state index in [1.165, 1.54) is 13.8 Å². The minimum absolute atomic E-state index is 0.0123. The Kier molecular flexibility index (Phi) is 25.6. The van der Waals surface area contributed by atoms with Crippen molar-refractivity contribution in [3.05, 3.63) is 0 Å². The summed E-state index contributed by atoms with van der Waals surface area (Å²) in [5.74, 6) is -16.8. The number of methoxy groups -OCH3 is 1. The highest BCUT2D eigenvalue weighted by molar-refractivity contribution is 5.79. The number of ether oxygens (including phenoxy) is 20. The summed E-state index contributed by atoms with van der Waals surface area (Å²) in [5.41, 5.74) is 0. The average Bonchev–Trinajstić information content (AvgIpc) is 1.30. The van der Waals surface area contributed by atoms with Crippen LogP contribution in [0, 0.1) is 0 Å². The zero-order valence-corrected chi connectivity index (χ0v) is 51.3. The zero-order chi connectivity index (χ0) is 66.5. The predicted molar refractivity (Wildman–Crippen MR) is 280 cm³/mol. The van der Waals surface area contributed by atoms with Crippen molar-refractivity contribution in [3.63, 3.8) is 0 Å². The van der Waals surface area contributed by atoms with E-state index in [4.69, 9.17) is 94.7 Å². The molecule has 4 fully saturated rings. The van der Waals surface area contributed by atoms with Gasteiger partial charge in [-0.2, -0.15) is 0 Å². The fourth-order valence-electron chi connectivity index (χ4n) is 10.4. The van der Waals surface area contributed by atoms with Crippen molar-refractivity contribution < 1.29 is 157 Å². The predicted octanol–water partition coefficient (Wildman–Crippen LogP) is -1.54. The molecule has 0 aliphatic carbocycles. The molecule has 89 heavy (non-hydrogen) atoms. The Bertz CT molecular complexity index is 2680. The Morgan fingerprint density at radius 1 is 0.539 bits per heavy atom. The number of rotatable bonds is 24. The number of nitrogens with zero attached hydrogens (tertiary/aromatic N) is 1. The first-order chi connectivity index (χ1) is 41.6. The third kappa shape index (κ3) is 19.6. The minimum atomic E-state index is -3.19. The van der Waals surface area contributed by atoms with Crippen molar-refractivity contribution in [1.29, 1.82) is 0 Å². The van der Waals surface area contributed by atoms with Gasteiger partial charge < -0.3 is 100 Å². The molecule has 12 unspecified atom stereocenters. The number of fused-ring (bicyclic) bond motifs is 1. The zero-order valence-electron chi connectivity index (χ0n) is 51.3. The van der Waals surface area contributed by atoms with Crippen LogP contribution in [0.2, 0.25) is 0 Å². The van der Waals surface area contributed by atoms with Gasteiger partial charge in [0, 0.05) is 90.0 Å². The quantitative estimate of drug-likeness (QED) is 0.0845. The second-order valence-corrected chi connectivity index (χ2v) is 20.7. The van der Waals surface area contributed by atoms with E-state index < -0.39 is 232 Å². The molecule has 1 amide bonds. The van der Waals surface area contributed by atoms with Gasteiger partial charge in [-0.05, 0) is 6.92 Å². The molecule has 5 rings (SSSR count). The number of hydrogen-bond donors (Lipinski definition) is 1. The summed E-state index contributed by atoms with van der Waals surface area (Å²) in [7, 11) is 0.829. The van der Waals surface area contributed by atoms with E-state index in [0.717, 1.165) is 90.2 Å². The van der Waals surface area contributed by atoms with Crippen LogP contribution in [-0.4, -0.2) is 239 Å². The minimum Gasteiger partial charge on any atom is -0.465 e. The standard InChI is InChI=1S/C54H74N2O33/c1-20-40(78-28(9)63)46(81-31(12)66)48(82-32(13)67)51(74-20)87-44-39-50(75-22(3)56-39)84-36(18-72-24(5)59)41(44)86-52-49(83-33(14)68)47(43(80-30(11)65)37(85-52)19-73-25(6)60)89-54(53(69)70-15)16-34(76-26(7)61)38(55-21(2)57)45(88-54)42(79-29(10)64)35(77-27(8)62)17-71-23(4)58/h20,34-52H,16-19H2,1-15H3,(H,55,57)/t20?,34-,35?,36?,37?,38-,39?,40-,41-,42?,43+,44?,45?,46?,47?,48?,49?,50+,51+,52+,54+/m1/s1. The van der Waals surface area contributed by atoms with Gasteiger partial charge in [0.2, 0.25) is 12.2 Å². The molecular formula is C54H74N2O33. The SMILES string of the molecule is COC(=O)[C@@]1(OC2C(OC(C)=O)[C@H](O[C@@H]3C(COC(C)=O)O[C@@H]4OC(C)=NC4C3O[C@@H]3OC(C)[C@@H](OC(C)=O)C(OC(C)=O)C3OC(C)=O)OC(COC(C)=O)[C@@H]2OC(C)=O)C[C@@H](OC(C)=O)[C@@H](NC(C)=O)C(C(OC(C)=O)C(COC(C)=O)OC(C)=O)O1. The molecule has 0 aromatic carbocycles. The Labute approximate surface area is 508 Å². The van der Waals surface area contributed by atoms with Crippen molar-refractivity contribution in [2.45, 2.75) is 232 Å². The molecule has 498 valence electrons. The number of carbonyl (C=O) groups is 13. The lowest BCUT2D eigenvalue weighted by molar-refractivity contribution is -0.388. The van der Waals surface area contributed by atoms with Crippen LogP contribution in [0.4, 0.5) is 0 Å². The van der Waals surface area contributed by atoms with Gasteiger partial charge in [0.25, 0.3) is 5.79 Å². The first-order valence-electron chi connectivity index (χ1n) is 27.6. The van der Waals surface area contributed by atoms with Gasteiger partial charge in [-0.3, -0.25) is 57.5 Å². The topological polar surface area (TPSA) is 431 Å². The summed E-state index contributed by atoms with van der Waals surface area (Å²) in [6.07, 6.45) is -34.2. The van der Waals surface area contributed by atoms with E-state index in [-0.39, 0.29) is 5.90 Å². The third-order valence-electron chi connectivity index (χ3n) is 13.4. The molecule has 5 heterocycles. The van der Waals surface area contributed by atoms with Crippen molar-refractivity contribution in [1.82, 2.24) is 5.32 Å². The number of amides is 1. The molecule has 5 aliphatic heterocycles. The lowest BCUT2D eigenvalue weighted by Crippen LogP contribution is -2.72. The maximum Gasteiger partial charge on any atom is 0.366 e. The van der Waals surface area contributed by atoms with Gasteiger partial charge in [-0.1, -0.05) is 0 Å². The molecule has 1 N–H and O–H groups in total. The van der Waals surface area contributed by atoms with E-state index in [0.29, 0.717) is 0 Å². The van der Waals surface area contributed by atoms with Gasteiger partial charge in [0.1, 0.15) is 68.6 Å². The summed E-state index contributed by atoms with van der Waals surface area (Å²) in [5, 5.41) is 2.51. The molecule has 0 saturated carbocycles. The van der Waals surface area contributed by atoms with E-state index >= 15 is 0 Å².